The molecule has 5 heteroatoms. The Morgan fingerprint density at radius 1 is 1.44 bits per heavy atom. The lowest BCUT2D eigenvalue weighted by atomic mass is 10.0. The van der Waals surface area contributed by atoms with Gasteiger partial charge in [0.2, 0.25) is 5.91 Å². The molecule has 0 radical (unpaired) electrons. The Kier molecular flexibility index (Phi) is 3.59. The van der Waals surface area contributed by atoms with Gasteiger partial charge in [0, 0.05) is 12.1 Å². The van der Waals surface area contributed by atoms with Crippen LogP contribution in [0.3, 0.4) is 0 Å². The van der Waals surface area contributed by atoms with Gasteiger partial charge >= 0.3 is 0 Å². The van der Waals surface area contributed by atoms with Crippen LogP contribution in [0.5, 0.6) is 0 Å². The van der Waals surface area contributed by atoms with Crippen LogP contribution < -0.4 is 11.1 Å². The molecule has 0 bridgehead atoms. The summed E-state index contributed by atoms with van der Waals surface area (Å²) in [6.45, 7) is 3.19. The van der Waals surface area contributed by atoms with Crippen molar-refractivity contribution in [1.82, 2.24) is 5.32 Å². The number of nitrogens with one attached hydrogen (secondary N) is 1. The molecule has 0 aromatic heterocycles. The number of benzene rings is 1. The molecule has 0 aliphatic heterocycles. The standard InChI is InChI=1S/C11H14F2N2O/c1-11(2,10(14)16)15-6-7-5-8(12)3-4-9(7)13/h3-5,15H,6H2,1-2H3,(H2,14,16). The van der Waals surface area contributed by atoms with Crippen molar-refractivity contribution in [2.75, 3.05) is 0 Å². The second-order valence-corrected chi connectivity index (χ2v) is 4.08. The first-order chi connectivity index (χ1) is 7.33. The highest BCUT2D eigenvalue weighted by atomic mass is 19.1. The van der Waals surface area contributed by atoms with Crippen LogP contribution in [0.1, 0.15) is 19.4 Å². The molecule has 3 N–H and O–H groups in total. The number of primary amides is 1. The van der Waals surface area contributed by atoms with Crippen molar-refractivity contribution in [2.24, 2.45) is 5.73 Å². The van der Waals surface area contributed by atoms with Gasteiger partial charge in [-0.05, 0) is 32.0 Å². The lowest BCUT2D eigenvalue weighted by Gasteiger charge is -2.22. The Bertz CT molecular complexity index is 405. The zero-order chi connectivity index (χ0) is 12.3. The van der Waals surface area contributed by atoms with Crippen LogP contribution in [-0.4, -0.2) is 11.4 Å². The van der Waals surface area contributed by atoms with Crippen LogP contribution in [0.15, 0.2) is 18.2 Å². The molecule has 16 heavy (non-hydrogen) atoms. The molecule has 0 heterocycles. The topological polar surface area (TPSA) is 55.1 Å². The number of halogens is 2. The number of nitrogens with two attached hydrogens (primary N) is 1. The summed E-state index contributed by atoms with van der Waals surface area (Å²) in [5.74, 6) is -1.59. The summed E-state index contributed by atoms with van der Waals surface area (Å²) in [7, 11) is 0. The quantitative estimate of drug-likeness (QED) is 0.816. The Morgan fingerprint density at radius 3 is 2.62 bits per heavy atom. The van der Waals surface area contributed by atoms with E-state index in [4.69, 9.17) is 5.73 Å². The molecule has 0 atom stereocenters. The molecule has 0 aliphatic carbocycles. The van der Waals surface area contributed by atoms with Gasteiger partial charge in [-0.2, -0.15) is 0 Å². The molecule has 0 unspecified atom stereocenters. The minimum absolute atomic E-state index is 0.0412. The number of hydrogen-bond donors (Lipinski definition) is 2. The van der Waals surface area contributed by atoms with Crippen molar-refractivity contribution in [3.63, 3.8) is 0 Å². The molecule has 1 aromatic rings. The van der Waals surface area contributed by atoms with Crippen LogP contribution in [0, 0.1) is 11.6 Å². The average molecular weight is 228 g/mol. The average Bonchev–Trinajstić information content (AvgIpc) is 2.19. The van der Waals surface area contributed by atoms with E-state index < -0.39 is 23.1 Å². The fourth-order valence-electron chi connectivity index (χ4n) is 1.08. The number of carbonyl (C=O) groups excluding carboxylic acids is 1. The van der Waals surface area contributed by atoms with Crippen LogP contribution in [0.4, 0.5) is 8.78 Å². The first-order valence-electron chi connectivity index (χ1n) is 4.82. The maximum absolute atomic E-state index is 13.2. The summed E-state index contributed by atoms with van der Waals surface area (Å²) in [6, 6.07) is 3.17. The maximum atomic E-state index is 13.2. The highest BCUT2D eigenvalue weighted by molar-refractivity contribution is 5.83. The van der Waals surface area contributed by atoms with Gasteiger partial charge in [0.1, 0.15) is 11.6 Å². The smallest absolute Gasteiger partial charge is 0.237 e. The Balaban J connectivity index is 2.75. The van der Waals surface area contributed by atoms with Crippen LogP contribution in [0.25, 0.3) is 0 Å². The van der Waals surface area contributed by atoms with Crippen LogP contribution in [0.2, 0.25) is 0 Å². The second-order valence-electron chi connectivity index (χ2n) is 4.08. The van der Waals surface area contributed by atoms with Gasteiger partial charge < -0.3 is 5.73 Å². The van der Waals surface area contributed by atoms with Gasteiger partial charge in [0.25, 0.3) is 0 Å². The van der Waals surface area contributed by atoms with Crippen molar-refractivity contribution in [2.45, 2.75) is 25.9 Å². The minimum atomic E-state index is -0.960. The summed E-state index contributed by atoms with van der Waals surface area (Å²) in [4.78, 5) is 11.0. The molecule has 0 spiro atoms. The Labute approximate surface area is 92.6 Å². The molecular formula is C11H14F2N2O. The molecule has 3 nitrogen and oxygen atoms in total. The predicted octanol–water partition coefficient (Wildman–Crippen LogP) is 1.32. The van der Waals surface area contributed by atoms with E-state index in [1.807, 2.05) is 0 Å². The lowest BCUT2D eigenvalue weighted by Crippen LogP contribution is -2.50. The van der Waals surface area contributed by atoms with Crippen molar-refractivity contribution >= 4 is 5.91 Å². The van der Waals surface area contributed by atoms with Gasteiger partial charge in [0.15, 0.2) is 0 Å². The molecule has 0 aliphatic rings. The van der Waals surface area contributed by atoms with Crippen molar-refractivity contribution in [1.29, 1.82) is 0 Å². The van der Waals surface area contributed by atoms with Gasteiger partial charge in [-0.1, -0.05) is 0 Å². The summed E-state index contributed by atoms with van der Waals surface area (Å²) in [5, 5.41) is 2.76. The lowest BCUT2D eigenvalue weighted by molar-refractivity contribution is -0.123. The maximum Gasteiger partial charge on any atom is 0.237 e. The van der Waals surface area contributed by atoms with E-state index in [2.05, 4.69) is 5.32 Å². The highest BCUT2D eigenvalue weighted by Crippen LogP contribution is 2.11. The number of rotatable bonds is 4. The van der Waals surface area contributed by atoms with E-state index in [9.17, 15) is 13.6 Å². The molecule has 0 saturated heterocycles. The largest absolute Gasteiger partial charge is 0.368 e. The van der Waals surface area contributed by atoms with E-state index in [0.29, 0.717) is 0 Å². The van der Waals surface area contributed by atoms with Gasteiger partial charge in [-0.25, -0.2) is 8.78 Å². The second kappa shape index (κ2) is 4.57. The third kappa shape index (κ3) is 3.00. The first kappa shape index (κ1) is 12.6. The Morgan fingerprint density at radius 2 is 2.06 bits per heavy atom. The number of carbonyl (C=O) groups is 1. The molecule has 0 fully saturated rings. The normalized spacial score (nSPS) is 11.5. The summed E-state index contributed by atoms with van der Waals surface area (Å²) in [6.07, 6.45) is 0. The van der Waals surface area contributed by atoms with E-state index in [1.165, 1.54) is 0 Å². The van der Waals surface area contributed by atoms with E-state index in [-0.39, 0.29) is 12.1 Å². The zero-order valence-corrected chi connectivity index (χ0v) is 9.18. The van der Waals surface area contributed by atoms with Gasteiger partial charge in [-0.3, -0.25) is 10.1 Å². The van der Waals surface area contributed by atoms with Gasteiger partial charge in [-0.15, -0.1) is 0 Å². The molecule has 0 saturated carbocycles. The van der Waals surface area contributed by atoms with Crippen molar-refractivity contribution in [3.05, 3.63) is 35.4 Å². The predicted molar refractivity (Wildman–Crippen MR) is 56.5 cm³/mol. The first-order valence-corrected chi connectivity index (χ1v) is 4.82. The third-order valence-electron chi connectivity index (χ3n) is 2.34. The Hall–Kier alpha value is -1.49. The summed E-state index contributed by atoms with van der Waals surface area (Å²) in [5.41, 5.74) is 4.33. The molecule has 1 amide bonds. The van der Waals surface area contributed by atoms with E-state index in [1.54, 1.807) is 13.8 Å². The highest BCUT2D eigenvalue weighted by Gasteiger charge is 2.24. The van der Waals surface area contributed by atoms with E-state index >= 15 is 0 Å². The summed E-state index contributed by atoms with van der Waals surface area (Å²) >= 11 is 0. The third-order valence-corrected chi connectivity index (χ3v) is 2.34. The van der Waals surface area contributed by atoms with E-state index in [0.717, 1.165) is 18.2 Å². The summed E-state index contributed by atoms with van der Waals surface area (Å²) < 4.78 is 26.1. The van der Waals surface area contributed by atoms with Gasteiger partial charge in [0.05, 0.1) is 5.54 Å². The number of amides is 1. The van der Waals surface area contributed by atoms with Crippen molar-refractivity contribution < 1.29 is 13.6 Å². The molecule has 88 valence electrons. The fourth-order valence-corrected chi connectivity index (χ4v) is 1.08. The van der Waals surface area contributed by atoms with Crippen molar-refractivity contribution in [3.8, 4) is 0 Å². The minimum Gasteiger partial charge on any atom is -0.368 e. The number of hydrogen-bond acceptors (Lipinski definition) is 2. The molecule has 1 rings (SSSR count). The SMILES string of the molecule is CC(C)(NCc1cc(F)ccc1F)C(N)=O. The molecule has 1 aromatic carbocycles. The van der Waals surface area contributed by atoms with Crippen LogP contribution >= 0.6 is 0 Å². The zero-order valence-electron chi connectivity index (χ0n) is 9.18. The van der Waals surface area contributed by atoms with Crippen LogP contribution in [-0.2, 0) is 11.3 Å². The monoisotopic (exact) mass is 228 g/mol. The molecular weight excluding hydrogens is 214 g/mol. The fraction of sp³-hybridized carbons (Fsp3) is 0.364.